The van der Waals surface area contributed by atoms with Gasteiger partial charge in [0.05, 0.1) is 13.0 Å². The van der Waals surface area contributed by atoms with E-state index >= 15 is 0 Å². The molecule has 5 heteroatoms. The molecular weight excluding hydrogens is 282 g/mol. The summed E-state index contributed by atoms with van der Waals surface area (Å²) in [6, 6.07) is 7.89. The van der Waals surface area contributed by atoms with Gasteiger partial charge in [-0.05, 0) is 42.9 Å². The number of benzene rings is 1. The van der Waals surface area contributed by atoms with Crippen LogP contribution in [0.3, 0.4) is 0 Å². The first-order valence-electron chi connectivity index (χ1n) is 7.75. The van der Waals surface area contributed by atoms with Gasteiger partial charge in [-0.15, -0.1) is 0 Å². The molecule has 0 unspecified atom stereocenters. The predicted octanol–water partition coefficient (Wildman–Crippen LogP) is 2.12. The van der Waals surface area contributed by atoms with Gasteiger partial charge in [-0.2, -0.15) is 0 Å². The van der Waals surface area contributed by atoms with Crippen molar-refractivity contribution in [2.24, 2.45) is 11.8 Å². The van der Waals surface area contributed by atoms with Gasteiger partial charge in [0.15, 0.2) is 0 Å². The van der Waals surface area contributed by atoms with Crippen LogP contribution in [0.1, 0.15) is 30.7 Å². The minimum absolute atomic E-state index is 0.0495. The van der Waals surface area contributed by atoms with E-state index < -0.39 is 5.97 Å². The summed E-state index contributed by atoms with van der Waals surface area (Å²) in [5.74, 6) is 0.285. The number of piperidine rings is 1. The molecule has 5 nitrogen and oxygen atoms in total. The van der Waals surface area contributed by atoms with E-state index in [4.69, 9.17) is 9.84 Å². The SMILES string of the molecule is COc1cccc([C@H]2C[C@H]2C(=O)N2CCC(C(=O)O)CC2)c1. The smallest absolute Gasteiger partial charge is 0.306 e. The number of carboxylic acid groups (broad SMARTS) is 1. The van der Waals surface area contributed by atoms with Crippen molar-refractivity contribution in [1.29, 1.82) is 0 Å². The summed E-state index contributed by atoms with van der Waals surface area (Å²) in [6.45, 7) is 1.13. The molecule has 1 aliphatic heterocycles. The number of amides is 1. The monoisotopic (exact) mass is 303 g/mol. The lowest BCUT2D eigenvalue weighted by atomic mass is 9.96. The quantitative estimate of drug-likeness (QED) is 0.925. The molecule has 22 heavy (non-hydrogen) atoms. The van der Waals surface area contributed by atoms with E-state index in [1.165, 1.54) is 0 Å². The van der Waals surface area contributed by atoms with Gasteiger partial charge in [0.2, 0.25) is 5.91 Å². The Morgan fingerprint density at radius 2 is 2.00 bits per heavy atom. The zero-order valence-electron chi connectivity index (χ0n) is 12.7. The van der Waals surface area contributed by atoms with Crippen LogP contribution >= 0.6 is 0 Å². The molecule has 118 valence electrons. The number of likely N-dealkylation sites (tertiary alicyclic amines) is 1. The molecule has 1 N–H and O–H groups in total. The van der Waals surface area contributed by atoms with Crippen LogP contribution in [0.2, 0.25) is 0 Å². The van der Waals surface area contributed by atoms with Crippen LogP contribution in [0.25, 0.3) is 0 Å². The number of carbonyl (C=O) groups is 2. The number of hydrogen-bond donors (Lipinski definition) is 1. The van der Waals surface area contributed by atoms with Crippen molar-refractivity contribution in [3.8, 4) is 5.75 Å². The Labute approximate surface area is 129 Å². The second-order valence-corrected chi connectivity index (χ2v) is 6.16. The average Bonchev–Trinajstić information content (AvgIpc) is 3.35. The minimum Gasteiger partial charge on any atom is -0.497 e. The van der Waals surface area contributed by atoms with E-state index in [0.717, 1.165) is 17.7 Å². The van der Waals surface area contributed by atoms with Gasteiger partial charge >= 0.3 is 5.97 Å². The Hall–Kier alpha value is -2.04. The molecule has 0 aromatic heterocycles. The van der Waals surface area contributed by atoms with Gasteiger partial charge in [-0.25, -0.2) is 0 Å². The molecule has 0 spiro atoms. The van der Waals surface area contributed by atoms with Crippen LogP contribution in [0.4, 0.5) is 0 Å². The normalized spacial score (nSPS) is 24.9. The molecular formula is C17H21NO4. The maximum absolute atomic E-state index is 12.5. The lowest BCUT2D eigenvalue weighted by Crippen LogP contribution is -2.41. The molecule has 2 fully saturated rings. The number of ether oxygens (including phenoxy) is 1. The molecule has 2 atom stereocenters. The fourth-order valence-electron chi connectivity index (χ4n) is 3.29. The van der Waals surface area contributed by atoms with Gasteiger partial charge in [-0.1, -0.05) is 12.1 Å². The maximum atomic E-state index is 12.5. The molecule has 1 saturated carbocycles. The van der Waals surface area contributed by atoms with E-state index in [2.05, 4.69) is 0 Å². The fourth-order valence-corrected chi connectivity index (χ4v) is 3.29. The van der Waals surface area contributed by atoms with Crippen molar-refractivity contribution < 1.29 is 19.4 Å². The van der Waals surface area contributed by atoms with Gasteiger partial charge in [0, 0.05) is 19.0 Å². The lowest BCUT2D eigenvalue weighted by molar-refractivity contribution is -0.146. The molecule has 0 radical (unpaired) electrons. The third kappa shape index (κ3) is 2.93. The second-order valence-electron chi connectivity index (χ2n) is 6.16. The van der Waals surface area contributed by atoms with Crippen molar-refractivity contribution in [2.45, 2.75) is 25.2 Å². The third-order valence-electron chi connectivity index (χ3n) is 4.79. The maximum Gasteiger partial charge on any atom is 0.306 e. The highest BCUT2D eigenvalue weighted by Crippen LogP contribution is 2.49. The number of rotatable bonds is 4. The highest BCUT2D eigenvalue weighted by molar-refractivity contribution is 5.83. The first-order valence-corrected chi connectivity index (χ1v) is 7.75. The molecule has 1 aromatic carbocycles. The lowest BCUT2D eigenvalue weighted by Gasteiger charge is -2.30. The molecule has 1 heterocycles. The van der Waals surface area contributed by atoms with Crippen molar-refractivity contribution in [2.75, 3.05) is 20.2 Å². The highest BCUT2D eigenvalue weighted by atomic mass is 16.5. The van der Waals surface area contributed by atoms with Crippen LogP contribution in [-0.4, -0.2) is 42.1 Å². The van der Waals surface area contributed by atoms with E-state index in [9.17, 15) is 9.59 Å². The number of carbonyl (C=O) groups excluding carboxylic acids is 1. The molecule has 2 aliphatic rings. The number of nitrogens with zero attached hydrogens (tertiary/aromatic N) is 1. The standard InChI is InChI=1S/C17H21NO4/c1-22-13-4-2-3-12(9-13)14-10-15(14)16(19)18-7-5-11(6-8-18)17(20)21/h2-4,9,11,14-15H,5-8,10H2,1H3,(H,20,21)/t14-,15-/m1/s1. The van der Waals surface area contributed by atoms with Crippen molar-refractivity contribution in [3.63, 3.8) is 0 Å². The average molecular weight is 303 g/mol. The minimum atomic E-state index is -0.743. The van der Waals surface area contributed by atoms with Crippen LogP contribution in [0.5, 0.6) is 5.75 Å². The number of carboxylic acids is 1. The van der Waals surface area contributed by atoms with E-state index in [1.54, 1.807) is 7.11 Å². The summed E-state index contributed by atoms with van der Waals surface area (Å²) < 4.78 is 5.23. The first-order chi connectivity index (χ1) is 10.6. The van der Waals surface area contributed by atoms with Crippen LogP contribution in [0, 0.1) is 11.8 Å². The van der Waals surface area contributed by atoms with Crippen LogP contribution in [0.15, 0.2) is 24.3 Å². The summed E-state index contributed by atoms with van der Waals surface area (Å²) in [5, 5.41) is 9.01. The fraction of sp³-hybridized carbons (Fsp3) is 0.529. The zero-order chi connectivity index (χ0) is 15.7. The molecule has 1 aliphatic carbocycles. The largest absolute Gasteiger partial charge is 0.497 e. The number of hydrogen-bond acceptors (Lipinski definition) is 3. The Bertz CT molecular complexity index is 578. The van der Waals surface area contributed by atoms with Gasteiger partial charge in [0.1, 0.15) is 5.75 Å². The number of aliphatic carboxylic acids is 1. The molecule has 1 aromatic rings. The molecule has 1 saturated heterocycles. The second kappa shape index (κ2) is 5.99. The van der Waals surface area contributed by atoms with Crippen LogP contribution in [-0.2, 0) is 9.59 Å². The topological polar surface area (TPSA) is 66.8 Å². The van der Waals surface area contributed by atoms with Crippen molar-refractivity contribution >= 4 is 11.9 Å². The van der Waals surface area contributed by atoms with E-state index in [1.807, 2.05) is 29.2 Å². The Kier molecular flexibility index (Phi) is 4.05. The van der Waals surface area contributed by atoms with E-state index in [-0.39, 0.29) is 23.7 Å². The van der Waals surface area contributed by atoms with E-state index in [0.29, 0.717) is 25.9 Å². The Morgan fingerprint density at radius 3 is 2.64 bits per heavy atom. The van der Waals surface area contributed by atoms with Crippen LogP contribution < -0.4 is 4.74 Å². The first kappa shape index (κ1) is 14.9. The predicted molar refractivity (Wildman–Crippen MR) is 80.8 cm³/mol. The van der Waals surface area contributed by atoms with Gasteiger partial charge < -0.3 is 14.7 Å². The molecule has 0 bridgehead atoms. The third-order valence-corrected chi connectivity index (χ3v) is 4.79. The van der Waals surface area contributed by atoms with Gasteiger partial charge in [-0.3, -0.25) is 9.59 Å². The summed E-state index contributed by atoms with van der Waals surface area (Å²) in [7, 11) is 1.64. The summed E-state index contributed by atoms with van der Waals surface area (Å²) in [5.41, 5.74) is 1.15. The summed E-state index contributed by atoms with van der Waals surface area (Å²) >= 11 is 0. The Morgan fingerprint density at radius 1 is 1.27 bits per heavy atom. The molecule has 1 amide bonds. The Balaban J connectivity index is 1.58. The van der Waals surface area contributed by atoms with Crippen molar-refractivity contribution in [3.05, 3.63) is 29.8 Å². The summed E-state index contributed by atoms with van der Waals surface area (Å²) in [6.07, 6.45) is 2.01. The molecule has 3 rings (SSSR count). The number of methoxy groups -OCH3 is 1. The zero-order valence-corrected chi connectivity index (χ0v) is 12.7. The van der Waals surface area contributed by atoms with Crippen molar-refractivity contribution in [1.82, 2.24) is 4.90 Å². The van der Waals surface area contributed by atoms with Gasteiger partial charge in [0.25, 0.3) is 0 Å². The summed E-state index contributed by atoms with van der Waals surface area (Å²) in [4.78, 5) is 25.3. The highest BCUT2D eigenvalue weighted by Gasteiger charge is 2.46.